The van der Waals surface area contributed by atoms with E-state index in [0.29, 0.717) is 6.42 Å². The molecular weight excluding hydrogens is 391 g/mol. The summed E-state index contributed by atoms with van der Waals surface area (Å²) in [5.41, 5.74) is 0.0416. The van der Waals surface area contributed by atoms with Gasteiger partial charge in [0.15, 0.2) is 15.6 Å². The fourth-order valence-electron chi connectivity index (χ4n) is 2.69. The van der Waals surface area contributed by atoms with Crippen molar-refractivity contribution in [2.24, 2.45) is 5.10 Å². The molecule has 134 valence electrons. The van der Waals surface area contributed by atoms with Gasteiger partial charge in [0.05, 0.1) is 22.6 Å². The third kappa shape index (κ3) is 3.96. The van der Waals surface area contributed by atoms with Gasteiger partial charge in [-0.15, -0.1) is 0 Å². The van der Waals surface area contributed by atoms with Crippen molar-refractivity contribution in [3.8, 4) is 5.75 Å². The number of rotatable bonds is 3. The van der Waals surface area contributed by atoms with Gasteiger partial charge in [-0.2, -0.15) is 5.10 Å². The van der Waals surface area contributed by atoms with Crippen LogP contribution in [0.4, 0.5) is 0 Å². The van der Waals surface area contributed by atoms with Gasteiger partial charge in [-0.1, -0.05) is 29.3 Å². The lowest BCUT2D eigenvalue weighted by Crippen LogP contribution is -2.42. The number of nitrogens with zero attached hydrogens (tertiary/aromatic N) is 2. The summed E-state index contributed by atoms with van der Waals surface area (Å²) in [5, 5.41) is 5.49. The van der Waals surface area contributed by atoms with Crippen LogP contribution < -0.4 is 4.74 Å². The van der Waals surface area contributed by atoms with E-state index >= 15 is 0 Å². The third-order valence-corrected chi connectivity index (χ3v) is 6.52. The molecule has 0 saturated carbocycles. The first-order valence-electron chi connectivity index (χ1n) is 7.53. The molecule has 0 aliphatic carbocycles. The van der Waals surface area contributed by atoms with E-state index < -0.39 is 21.8 Å². The predicted octanol–water partition coefficient (Wildman–Crippen LogP) is 2.06. The number of amides is 1. The van der Waals surface area contributed by atoms with Crippen molar-refractivity contribution in [2.75, 3.05) is 11.5 Å². The van der Waals surface area contributed by atoms with Crippen LogP contribution in [0.1, 0.15) is 19.3 Å². The molecule has 2 aliphatic heterocycles. The summed E-state index contributed by atoms with van der Waals surface area (Å²) in [6.45, 7) is 0. The Morgan fingerprint density at radius 1 is 1.28 bits per heavy atom. The summed E-state index contributed by atoms with van der Waals surface area (Å²) in [5.74, 6) is -1.10. The minimum Gasteiger partial charge on any atom is -0.420 e. The van der Waals surface area contributed by atoms with Crippen molar-refractivity contribution in [3.05, 3.63) is 28.2 Å². The fourth-order valence-corrected chi connectivity index (χ4v) is 4.72. The topological polar surface area (TPSA) is 93.1 Å². The standard InChI is InChI=1S/C15H14Cl2N2O5S/c16-10-2-1-3-12(14(10)17)24-15(21)11-4-5-13(20)19(18-11)9-6-7-25(22,23)8-9/h1-3,9H,4-8H2/t9-/m1/s1. The number of carbonyl (C=O) groups is 2. The van der Waals surface area contributed by atoms with Crippen LogP contribution in [0.3, 0.4) is 0 Å². The summed E-state index contributed by atoms with van der Waals surface area (Å²) in [7, 11) is -3.18. The number of hydrazone groups is 1. The molecule has 1 atom stereocenters. The maximum atomic E-state index is 12.3. The van der Waals surface area contributed by atoms with Crippen LogP contribution in [0.15, 0.2) is 23.3 Å². The van der Waals surface area contributed by atoms with Crippen LogP contribution in [0, 0.1) is 0 Å². The van der Waals surface area contributed by atoms with Crippen molar-refractivity contribution in [1.82, 2.24) is 5.01 Å². The highest BCUT2D eigenvalue weighted by molar-refractivity contribution is 7.91. The smallest absolute Gasteiger partial charge is 0.359 e. The lowest BCUT2D eigenvalue weighted by molar-refractivity contribution is -0.134. The first-order chi connectivity index (χ1) is 11.8. The largest absolute Gasteiger partial charge is 0.420 e. The first-order valence-corrected chi connectivity index (χ1v) is 10.1. The molecule has 2 heterocycles. The highest BCUT2D eigenvalue weighted by Crippen LogP contribution is 2.32. The zero-order chi connectivity index (χ0) is 18.2. The second-order valence-electron chi connectivity index (χ2n) is 5.78. The molecule has 0 aromatic heterocycles. The molecule has 10 heteroatoms. The quantitative estimate of drug-likeness (QED) is 0.567. The Morgan fingerprint density at radius 3 is 2.72 bits per heavy atom. The zero-order valence-corrected chi connectivity index (χ0v) is 15.3. The van der Waals surface area contributed by atoms with Gasteiger partial charge in [0.1, 0.15) is 10.7 Å². The van der Waals surface area contributed by atoms with Gasteiger partial charge in [-0.3, -0.25) is 4.79 Å². The molecule has 1 aromatic rings. The number of carbonyl (C=O) groups excluding carboxylic acids is 2. The summed E-state index contributed by atoms with van der Waals surface area (Å²) in [4.78, 5) is 24.4. The van der Waals surface area contributed by atoms with Crippen LogP contribution in [-0.4, -0.2) is 48.6 Å². The maximum Gasteiger partial charge on any atom is 0.359 e. The van der Waals surface area contributed by atoms with Crippen LogP contribution in [0.25, 0.3) is 0 Å². The van der Waals surface area contributed by atoms with Crippen LogP contribution in [0.5, 0.6) is 5.75 Å². The molecule has 0 radical (unpaired) electrons. The number of benzene rings is 1. The Hall–Kier alpha value is -1.64. The van der Waals surface area contributed by atoms with E-state index in [0.717, 1.165) is 5.01 Å². The number of hydrogen-bond donors (Lipinski definition) is 0. The molecule has 0 N–H and O–H groups in total. The molecule has 3 rings (SSSR count). The average Bonchev–Trinajstić information content (AvgIpc) is 2.92. The SMILES string of the molecule is O=C(Oc1cccc(Cl)c1Cl)C1=NN([C@@H]2CCS(=O)(=O)C2)C(=O)CC1. The molecule has 1 fully saturated rings. The van der Waals surface area contributed by atoms with E-state index in [-0.39, 0.29) is 51.8 Å². The lowest BCUT2D eigenvalue weighted by Gasteiger charge is -2.27. The van der Waals surface area contributed by atoms with Crippen molar-refractivity contribution in [2.45, 2.75) is 25.3 Å². The average molecular weight is 405 g/mol. The monoisotopic (exact) mass is 404 g/mol. The van der Waals surface area contributed by atoms with E-state index in [1.54, 1.807) is 12.1 Å². The molecule has 7 nitrogen and oxygen atoms in total. The number of halogens is 2. The molecule has 25 heavy (non-hydrogen) atoms. The highest BCUT2D eigenvalue weighted by atomic mass is 35.5. The molecule has 1 aromatic carbocycles. The van der Waals surface area contributed by atoms with Gasteiger partial charge in [0.2, 0.25) is 5.91 Å². The highest BCUT2D eigenvalue weighted by Gasteiger charge is 2.37. The molecule has 1 amide bonds. The van der Waals surface area contributed by atoms with Crippen molar-refractivity contribution >= 4 is 50.6 Å². The number of ether oxygens (including phenoxy) is 1. The number of hydrogen-bond acceptors (Lipinski definition) is 6. The van der Waals surface area contributed by atoms with Crippen LogP contribution >= 0.6 is 23.2 Å². The van der Waals surface area contributed by atoms with Crippen LogP contribution in [0.2, 0.25) is 10.0 Å². The number of esters is 1. The Morgan fingerprint density at radius 2 is 2.04 bits per heavy atom. The van der Waals surface area contributed by atoms with E-state index in [9.17, 15) is 18.0 Å². The summed E-state index contributed by atoms with van der Waals surface area (Å²) < 4.78 is 28.4. The fraction of sp³-hybridized carbons (Fsp3) is 0.400. The Labute approximate surface area is 154 Å². The van der Waals surface area contributed by atoms with E-state index in [1.165, 1.54) is 6.07 Å². The van der Waals surface area contributed by atoms with Crippen molar-refractivity contribution < 1.29 is 22.7 Å². The summed E-state index contributed by atoms with van der Waals surface area (Å²) in [6.07, 6.45) is 0.486. The second kappa shape index (κ2) is 6.93. The zero-order valence-electron chi connectivity index (χ0n) is 12.9. The number of sulfone groups is 1. The Balaban J connectivity index is 1.79. The molecule has 0 unspecified atom stereocenters. The second-order valence-corrected chi connectivity index (χ2v) is 8.80. The Kier molecular flexibility index (Phi) is 5.04. The third-order valence-electron chi connectivity index (χ3n) is 3.97. The van der Waals surface area contributed by atoms with Gasteiger partial charge in [0, 0.05) is 12.8 Å². The van der Waals surface area contributed by atoms with E-state index in [2.05, 4.69) is 5.10 Å². The van der Waals surface area contributed by atoms with Crippen molar-refractivity contribution in [3.63, 3.8) is 0 Å². The van der Waals surface area contributed by atoms with Gasteiger partial charge in [-0.05, 0) is 18.6 Å². The molecule has 1 saturated heterocycles. The van der Waals surface area contributed by atoms with Gasteiger partial charge >= 0.3 is 5.97 Å². The molecule has 0 spiro atoms. The minimum absolute atomic E-state index is 0.00880. The molecule has 2 aliphatic rings. The van der Waals surface area contributed by atoms with Crippen LogP contribution in [-0.2, 0) is 19.4 Å². The maximum absolute atomic E-state index is 12.3. The summed E-state index contributed by atoms with van der Waals surface area (Å²) >= 11 is 11.9. The van der Waals surface area contributed by atoms with Gasteiger partial charge < -0.3 is 4.74 Å². The van der Waals surface area contributed by atoms with E-state index in [1.807, 2.05) is 0 Å². The van der Waals surface area contributed by atoms with Gasteiger partial charge in [-0.25, -0.2) is 18.2 Å². The van der Waals surface area contributed by atoms with E-state index in [4.69, 9.17) is 27.9 Å². The minimum atomic E-state index is -3.18. The lowest BCUT2D eigenvalue weighted by atomic mass is 10.1. The first kappa shape index (κ1) is 18.2. The molecular formula is C15H14Cl2N2O5S. The summed E-state index contributed by atoms with van der Waals surface area (Å²) in [6, 6.07) is 4.08. The van der Waals surface area contributed by atoms with Crippen molar-refractivity contribution in [1.29, 1.82) is 0 Å². The Bertz CT molecular complexity index is 869. The molecule has 0 bridgehead atoms. The predicted molar refractivity (Wildman–Crippen MR) is 92.7 cm³/mol. The normalized spacial score (nSPS) is 22.6. The van der Waals surface area contributed by atoms with Gasteiger partial charge in [0.25, 0.3) is 0 Å².